The zero-order valence-corrected chi connectivity index (χ0v) is 8.36. The van der Waals surface area contributed by atoms with E-state index in [2.05, 4.69) is 4.74 Å². The Balaban J connectivity index is 4.08. The molecule has 6 nitrogen and oxygen atoms in total. The topological polar surface area (TPSA) is 76.1 Å². The first-order valence-corrected chi connectivity index (χ1v) is 4.24. The number of rotatable bonds is 6. The number of carbonyl (C=O) groups excluding carboxylic acids is 1. The molecule has 0 bridgehead atoms. The molecule has 0 aliphatic heterocycles. The third-order valence-electron chi connectivity index (χ3n) is 1.42. The number of carbonyl (C=O) groups is 2. The first-order valence-electron chi connectivity index (χ1n) is 4.24. The number of amides is 1. The second-order valence-corrected chi connectivity index (χ2v) is 2.51. The largest absolute Gasteiger partial charge is 0.480 e. The van der Waals surface area contributed by atoms with Gasteiger partial charge in [-0.2, -0.15) is 0 Å². The molecule has 82 valence electrons. The minimum absolute atomic E-state index is 0.210. The molecule has 0 atom stereocenters. The van der Waals surface area contributed by atoms with Crippen molar-refractivity contribution in [1.29, 1.82) is 0 Å². The summed E-state index contributed by atoms with van der Waals surface area (Å²) in [5.41, 5.74) is 0. The molecular weight excluding hydrogens is 190 g/mol. The summed E-state index contributed by atoms with van der Waals surface area (Å²) in [5.74, 6) is -1.07. The van der Waals surface area contributed by atoms with Gasteiger partial charge in [-0.25, -0.2) is 4.79 Å². The summed E-state index contributed by atoms with van der Waals surface area (Å²) in [5, 5.41) is 8.51. The Bertz CT molecular complexity index is 194. The maximum absolute atomic E-state index is 11.2. The molecule has 0 heterocycles. The fourth-order valence-electron chi connectivity index (χ4n) is 0.814. The molecular formula is C8H15NO5. The zero-order valence-electron chi connectivity index (χ0n) is 8.36. The van der Waals surface area contributed by atoms with Gasteiger partial charge in [0.1, 0.15) is 6.54 Å². The van der Waals surface area contributed by atoms with E-state index in [9.17, 15) is 9.59 Å². The number of hydrogen-bond acceptors (Lipinski definition) is 4. The lowest BCUT2D eigenvalue weighted by molar-refractivity contribution is -0.138. The third-order valence-corrected chi connectivity index (χ3v) is 1.42. The van der Waals surface area contributed by atoms with E-state index in [-0.39, 0.29) is 26.3 Å². The Labute approximate surface area is 82.4 Å². The van der Waals surface area contributed by atoms with Crippen LogP contribution in [0.5, 0.6) is 0 Å². The highest BCUT2D eigenvalue weighted by atomic mass is 16.6. The predicted molar refractivity (Wildman–Crippen MR) is 48.1 cm³/mol. The molecule has 0 saturated carbocycles. The average molecular weight is 205 g/mol. The number of hydrogen-bond donors (Lipinski definition) is 1. The molecule has 0 spiro atoms. The van der Waals surface area contributed by atoms with Crippen LogP contribution in [-0.4, -0.2) is 55.5 Å². The number of nitrogens with zero attached hydrogens (tertiary/aromatic N) is 1. The van der Waals surface area contributed by atoms with E-state index in [4.69, 9.17) is 9.84 Å². The van der Waals surface area contributed by atoms with Gasteiger partial charge in [0, 0.05) is 13.7 Å². The van der Waals surface area contributed by atoms with Crippen molar-refractivity contribution < 1.29 is 24.2 Å². The molecule has 0 rings (SSSR count). The fraction of sp³-hybridized carbons (Fsp3) is 0.750. The highest BCUT2D eigenvalue weighted by Gasteiger charge is 2.16. The van der Waals surface area contributed by atoms with E-state index in [0.717, 1.165) is 4.90 Å². The summed E-state index contributed by atoms with van der Waals surface area (Å²) in [6, 6.07) is 0. The summed E-state index contributed by atoms with van der Waals surface area (Å²) in [7, 11) is 1.48. The Morgan fingerprint density at radius 2 is 2.07 bits per heavy atom. The Morgan fingerprint density at radius 1 is 1.43 bits per heavy atom. The second-order valence-electron chi connectivity index (χ2n) is 2.51. The highest BCUT2D eigenvalue weighted by molar-refractivity contribution is 5.76. The highest BCUT2D eigenvalue weighted by Crippen LogP contribution is 1.94. The van der Waals surface area contributed by atoms with Gasteiger partial charge in [-0.1, -0.05) is 0 Å². The Hall–Kier alpha value is -1.30. The second kappa shape index (κ2) is 7.14. The summed E-state index contributed by atoms with van der Waals surface area (Å²) < 4.78 is 9.41. The van der Waals surface area contributed by atoms with Crippen LogP contribution < -0.4 is 0 Å². The molecule has 0 fully saturated rings. The minimum Gasteiger partial charge on any atom is -0.480 e. The van der Waals surface area contributed by atoms with Crippen LogP contribution in [0.3, 0.4) is 0 Å². The van der Waals surface area contributed by atoms with Crippen LogP contribution in [0, 0.1) is 0 Å². The van der Waals surface area contributed by atoms with Crippen molar-refractivity contribution in [2.45, 2.75) is 6.92 Å². The molecule has 14 heavy (non-hydrogen) atoms. The van der Waals surface area contributed by atoms with Crippen LogP contribution in [0.2, 0.25) is 0 Å². The van der Waals surface area contributed by atoms with Gasteiger partial charge in [-0.15, -0.1) is 0 Å². The van der Waals surface area contributed by atoms with Gasteiger partial charge in [0.05, 0.1) is 13.2 Å². The lowest BCUT2D eigenvalue weighted by Crippen LogP contribution is -2.38. The van der Waals surface area contributed by atoms with Crippen molar-refractivity contribution in [1.82, 2.24) is 4.90 Å². The smallest absolute Gasteiger partial charge is 0.410 e. The van der Waals surface area contributed by atoms with E-state index < -0.39 is 12.1 Å². The number of aliphatic carboxylic acids is 1. The van der Waals surface area contributed by atoms with Gasteiger partial charge >= 0.3 is 12.1 Å². The molecule has 0 aromatic rings. The summed E-state index contributed by atoms with van der Waals surface area (Å²) in [6.45, 7) is 2.00. The quantitative estimate of drug-likeness (QED) is 0.669. The first kappa shape index (κ1) is 12.7. The Kier molecular flexibility index (Phi) is 6.47. The Morgan fingerprint density at radius 3 is 2.50 bits per heavy atom. The van der Waals surface area contributed by atoms with E-state index >= 15 is 0 Å². The van der Waals surface area contributed by atoms with Crippen LogP contribution in [0.25, 0.3) is 0 Å². The van der Waals surface area contributed by atoms with Crippen LogP contribution >= 0.6 is 0 Å². The SMILES string of the molecule is CCOC(=O)N(CCOC)CC(=O)O. The van der Waals surface area contributed by atoms with E-state index in [1.165, 1.54) is 7.11 Å². The first-order chi connectivity index (χ1) is 6.61. The normalized spacial score (nSPS) is 9.57. The summed E-state index contributed by atoms with van der Waals surface area (Å²) in [6.07, 6.45) is -0.632. The van der Waals surface area contributed by atoms with Gasteiger partial charge in [-0.3, -0.25) is 9.69 Å². The van der Waals surface area contributed by atoms with Gasteiger partial charge in [-0.05, 0) is 6.92 Å². The third kappa shape index (κ3) is 5.36. The van der Waals surface area contributed by atoms with Crippen LogP contribution in [0.1, 0.15) is 6.92 Å². The monoisotopic (exact) mass is 205 g/mol. The summed E-state index contributed by atoms with van der Waals surface area (Å²) in [4.78, 5) is 22.6. The fourth-order valence-corrected chi connectivity index (χ4v) is 0.814. The zero-order chi connectivity index (χ0) is 11.0. The average Bonchev–Trinajstić information content (AvgIpc) is 2.12. The molecule has 0 aromatic heterocycles. The van der Waals surface area contributed by atoms with Crippen LogP contribution in [0.15, 0.2) is 0 Å². The van der Waals surface area contributed by atoms with Gasteiger partial charge in [0.15, 0.2) is 0 Å². The van der Waals surface area contributed by atoms with Crippen LogP contribution in [-0.2, 0) is 14.3 Å². The van der Waals surface area contributed by atoms with Crippen molar-refractivity contribution in [3.63, 3.8) is 0 Å². The van der Waals surface area contributed by atoms with Crippen molar-refractivity contribution in [3.05, 3.63) is 0 Å². The van der Waals surface area contributed by atoms with E-state index in [1.807, 2.05) is 0 Å². The van der Waals surface area contributed by atoms with Crippen molar-refractivity contribution >= 4 is 12.1 Å². The van der Waals surface area contributed by atoms with Gasteiger partial charge in [0.25, 0.3) is 0 Å². The predicted octanol–water partition coefficient (Wildman–Crippen LogP) is 0.176. The molecule has 0 aliphatic rings. The van der Waals surface area contributed by atoms with Crippen molar-refractivity contribution in [2.75, 3.05) is 33.4 Å². The number of ether oxygens (including phenoxy) is 2. The summed E-state index contributed by atoms with van der Waals surface area (Å²) >= 11 is 0. The number of carboxylic acids is 1. The standard InChI is InChI=1S/C8H15NO5/c1-3-14-8(12)9(4-5-13-2)6-7(10)11/h3-6H2,1-2H3,(H,10,11). The molecule has 0 aliphatic carbocycles. The van der Waals surface area contributed by atoms with Gasteiger partial charge < -0.3 is 14.6 Å². The molecule has 0 radical (unpaired) electrons. The molecule has 0 aromatic carbocycles. The molecule has 0 unspecified atom stereocenters. The molecule has 0 saturated heterocycles. The lowest BCUT2D eigenvalue weighted by atomic mass is 10.5. The molecule has 1 N–H and O–H groups in total. The maximum Gasteiger partial charge on any atom is 0.410 e. The van der Waals surface area contributed by atoms with E-state index in [0.29, 0.717) is 0 Å². The number of carboxylic acid groups (broad SMARTS) is 1. The molecule has 1 amide bonds. The lowest BCUT2D eigenvalue weighted by Gasteiger charge is -2.18. The van der Waals surface area contributed by atoms with Crippen LogP contribution in [0.4, 0.5) is 4.79 Å². The van der Waals surface area contributed by atoms with E-state index in [1.54, 1.807) is 6.92 Å². The minimum atomic E-state index is -1.07. The van der Waals surface area contributed by atoms with Crippen molar-refractivity contribution in [3.8, 4) is 0 Å². The van der Waals surface area contributed by atoms with Crippen molar-refractivity contribution in [2.24, 2.45) is 0 Å². The maximum atomic E-state index is 11.2. The molecule has 6 heteroatoms. The van der Waals surface area contributed by atoms with Gasteiger partial charge in [0.2, 0.25) is 0 Å². The number of methoxy groups -OCH3 is 1.